The minimum atomic E-state index is -0.598. The van der Waals surface area contributed by atoms with Crippen molar-refractivity contribution in [1.29, 1.82) is 0 Å². The summed E-state index contributed by atoms with van der Waals surface area (Å²) in [6.45, 7) is 5.33. The van der Waals surface area contributed by atoms with E-state index < -0.39 is 5.54 Å². The SMILES string of the molecule is Cc1nc(/C=C/C(=O)NC(C)(C)CO)cs1. The van der Waals surface area contributed by atoms with Crippen molar-refractivity contribution in [2.75, 3.05) is 6.61 Å². The molecular weight excluding hydrogens is 224 g/mol. The van der Waals surface area contributed by atoms with E-state index in [0.717, 1.165) is 10.7 Å². The molecule has 0 atom stereocenters. The number of amides is 1. The summed E-state index contributed by atoms with van der Waals surface area (Å²) in [5, 5.41) is 14.5. The van der Waals surface area contributed by atoms with Gasteiger partial charge in [0.1, 0.15) is 0 Å². The van der Waals surface area contributed by atoms with Gasteiger partial charge in [-0.25, -0.2) is 4.98 Å². The summed E-state index contributed by atoms with van der Waals surface area (Å²) < 4.78 is 0. The topological polar surface area (TPSA) is 62.2 Å². The van der Waals surface area contributed by atoms with Gasteiger partial charge in [0.2, 0.25) is 5.91 Å². The first-order chi connectivity index (χ1) is 7.43. The maximum atomic E-state index is 11.5. The fraction of sp³-hybridized carbons (Fsp3) is 0.455. The third-order valence-electron chi connectivity index (χ3n) is 1.90. The normalized spacial score (nSPS) is 12.0. The molecule has 0 aliphatic heterocycles. The van der Waals surface area contributed by atoms with Crippen molar-refractivity contribution < 1.29 is 9.90 Å². The smallest absolute Gasteiger partial charge is 0.244 e. The van der Waals surface area contributed by atoms with Crippen LogP contribution in [-0.2, 0) is 4.79 Å². The monoisotopic (exact) mass is 240 g/mol. The second kappa shape index (κ2) is 5.23. The second-order valence-corrected chi connectivity index (χ2v) is 5.22. The lowest BCUT2D eigenvalue weighted by molar-refractivity contribution is -0.118. The zero-order valence-corrected chi connectivity index (χ0v) is 10.5. The molecule has 0 aromatic carbocycles. The van der Waals surface area contributed by atoms with E-state index in [1.807, 2.05) is 12.3 Å². The Morgan fingerprint density at radius 2 is 2.38 bits per heavy atom. The minimum absolute atomic E-state index is 0.0949. The molecule has 1 amide bonds. The van der Waals surface area contributed by atoms with Gasteiger partial charge in [-0.1, -0.05) is 0 Å². The van der Waals surface area contributed by atoms with E-state index in [4.69, 9.17) is 5.11 Å². The van der Waals surface area contributed by atoms with E-state index in [-0.39, 0.29) is 12.5 Å². The molecule has 16 heavy (non-hydrogen) atoms. The number of carbonyl (C=O) groups excluding carboxylic acids is 1. The Morgan fingerprint density at radius 3 is 2.88 bits per heavy atom. The number of aryl methyl sites for hydroxylation is 1. The second-order valence-electron chi connectivity index (χ2n) is 4.16. The molecule has 1 aromatic rings. The molecule has 1 aromatic heterocycles. The highest BCUT2D eigenvalue weighted by Crippen LogP contribution is 2.09. The number of thiazole rings is 1. The third kappa shape index (κ3) is 4.12. The van der Waals surface area contributed by atoms with Crippen LogP contribution in [0.1, 0.15) is 24.5 Å². The van der Waals surface area contributed by atoms with Gasteiger partial charge in [0, 0.05) is 11.5 Å². The minimum Gasteiger partial charge on any atom is -0.394 e. The lowest BCUT2D eigenvalue weighted by Crippen LogP contribution is -2.45. The lowest BCUT2D eigenvalue weighted by atomic mass is 10.1. The van der Waals surface area contributed by atoms with E-state index in [1.165, 1.54) is 17.4 Å². The highest BCUT2D eigenvalue weighted by atomic mass is 32.1. The molecule has 0 saturated heterocycles. The summed E-state index contributed by atoms with van der Waals surface area (Å²) in [6, 6.07) is 0. The van der Waals surface area contributed by atoms with Crippen LogP contribution in [-0.4, -0.2) is 28.1 Å². The Morgan fingerprint density at radius 1 is 1.69 bits per heavy atom. The highest BCUT2D eigenvalue weighted by Gasteiger charge is 2.17. The summed E-state index contributed by atoms with van der Waals surface area (Å²) in [7, 11) is 0. The standard InChI is InChI=1S/C11H16N2O2S/c1-8-12-9(6-16-8)4-5-10(15)13-11(2,3)7-14/h4-6,14H,7H2,1-3H3,(H,13,15)/b5-4+. The van der Waals surface area contributed by atoms with Gasteiger partial charge in [-0.2, -0.15) is 0 Å². The van der Waals surface area contributed by atoms with Crippen LogP contribution in [0, 0.1) is 6.92 Å². The zero-order chi connectivity index (χ0) is 12.2. The number of carbonyl (C=O) groups is 1. The van der Waals surface area contributed by atoms with Gasteiger partial charge in [0.05, 0.1) is 22.8 Å². The average molecular weight is 240 g/mol. The third-order valence-corrected chi connectivity index (χ3v) is 2.69. The number of hydrogen-bond acceptors (Lipinski definition) is 4. The Hall–Kier alpha value is -1.20. The summed E-state index contributed by atoms with van der Waals surface area (Å²) in [5.74, 6) is -0.232. The lowest BCUT2D eigenvalue weighted by Gasteiger charge is -2.22. The molecule has 1 rings (SSSR count). The molecule has 2 N–H and O–H groups in total. The van der Waals surface area contributed by atoms with Crippen LogP contribution in [0.2, 0.25) is 0 Å². The van der Waals surface area contributed by atoms with Crippen molar-refractivity contribution in [1.82, 2.24) is 10.3 Å². The van der Waals surface area contributed by atoms with Gasteiger partial charge in [0.25, 0.3) is 0 Å². The van der Waals surface area contributed by atoms with E-state index in [2.05, 4.69) is 10.3 Å². The highest BCUT2D eigenvalue weighted by molar-refractivity contribution is 7.09. The number of nitrogens with one attached hydrogen (secondary N) is 1. The summed E-state index contributed by atoms with van der Waals surface area (Å²) in [6.07, 6.45) is 3.08. The number of hydrogen-bond donors (Lipinski definition) is 2. The molecule has 0 unspecified atom stereocenters. The van der Waals surface area contributed by atoms with Gasteiger partial charge in [-0.15, -0.1) is 11.3 Å². The van der Waals surface area contributed by atoms with Crippen LogP contribution in [0.4, 0.5) is 0 Å². The number of aliphatic hydroxyl groups excluding tert-OH is 1. The molecule has 4 nitrogen and oxygen atoms in total. The average Bonchev–Trinajstić information content (AvgIpc) is 2.61. The van der Waals surface area contributed by atoms with Crippen LogP contribution in [0.5, 0.6) is 0 Å². The maximum Gasteiger partial charge on any atom is 0.244 e. The number of aliphatic hydroxyl groups is 1. The van der Waals surface area contributed by atoms with Crippen molar-refractivity contribution >= 4 is 23.3 Å². The Bertz CT molecular complexity index is 396. The molecule has 0 radical (unpaired) electrons. The van der Waals surface area contributed by atoms with Crippen molar-refractivity contribution in [3.63, 3.8) is 0 Å². The van der Waals surface area contributed by atoms with Crippen LogP contribution < -0.4 is 5.32 Å². The first-order valence-corrected chi connectivity index (χ1v) is 5.84. The first-order valence-electron chi connectivity index (χ1n) is 4.96. The number of nitrogens with zero attached hydrogens (tertiary/aromatic N) is 1. The van der Waals surface area contributed by atoms with Crippen molar-refractivity contribution in [3.8, 4) is 0 Å². The van der Waals surface area contributed by atoms with Crippen LogP contribution >= 0.6 is 11.3 Å². The van der Waals surface area contributed by atoms with Gasteiger partial charge >= 0.3 is 0 Å². The largest absolute Gasteiger partial charge is 0.394 e. The fourth-order valence-electron chi connectivity index (χ4n) is 1.03. The van der Waals surface area contributed by atoms with Crippen molar-refractivity contribution in [2.45, 2.75) is 26.3 Å². The summed E-state index contributed by atoms with van der Waals surface area (Å²) >= 11 is 1.54. The van der Waals surface area contributed by atoms with E-state index in [0.29, 0.717) is 0 Å². The molecule has 0 spiro atoms. The van der Waals surface area contributed by atoms with Crippen molar-refractivity contribution in [2.24, 2.45) is 0 Å². The van der Waals surface area contributed by atoms with Crippen LogP contribution in [0.3, 0.4) is 0 Å². The van der Waals surface area contributed by atoms with Crippen molar-refractivity contribution in [3.05, 3.63) is 22.2 Å². The van der Waals surface area contributed by atoms with Gasteiger partial charge in [-0.3, -0.25) is 4.79 Å². The number of rotatable bonds is 4. The molecule has 0 fully saturated rings. The van der Waals surface area contributed by atoms with Gasteiger partial charge in [-0.05, 0) is 26.8 Å². The molecular formula is C11H16N2O2S. The molecule has 0 aliphatic rings. The zero-order valence-electron chi connectivity index (χ0n) is 9.65. The summed E-state index contributed by atoms with van der Waals surface area (Å²) in [5.41, 5.74) is 0.179. The predicted molar refractivity (Wildman–Crippen MR) is 65.2 cm³/mol. The Kier molecular flexibility index (Phi) is 4.20. The molecule has 0 bridgehead atoms. The van der Waals surface area contributed by atoms with E-state index in [1.54, 1.807) is 19.9 Å². The number of aromatic nitrogens is 1. The molecule has 1 heterocycles. The van der Waals surface area contributed by atoms with Gasteiger partial charge < -0.3 is 10.4 Å². The maximum absolute atomic E-state index is 11.5. The summed E-state index contributed by atoms with van der Waals surface area (Å²) in [4.78, 5) is 15.7. The Balaban J connectivity index is 2.55. The fourth-order valence-corrected chi connectivity index (χ4v) is 1.61. The molecule has 88 valence electrons. The van der Waals surface area contributed by atoms with E-state index >= 15 is 0 Å². The van der Waals surface area contributed by atoms with Gasteiger partial charge in [0.15, 0.2) is 0 Å². The Labute approximate surface area is 99.0 Å². The predicted octanol–water partition coefficient (Wildman–Crippen LogP) is 1.35. The molecule has 5 heteroatoms. The molecule has 0 saturated carbocycles. The van der Waals surface area contributed by atoms with E-state index in [9.17, 15) is 4.79 Å². The quantitative estimate of drug-likeness (QED) is 0.781. The van der Waals surface area contributed by atoms with Crippen LogP contribution in [0.25, 0.3) is 6.08 Å². The molecule has 0 aliphatic carbocycles. The first kappa shape index (κ1) is 12.9. The van der Waals surface area contributed by atoms with Crippen LogP contribution in [0.15, 0.2) is 11.5 Å².